The van der Waals surface area contributed by atoms with Crippen molar-refractivity contribution < 1.29 is 28.6 Å². The van der Waals surface area contributed by atoms with Crippen molar-refractivity contribution in [2.75, 3.05) is 13.2 Å². The molecule has 0 saturated carbocycles. The second kappa shape index (κ2) is 59.3. The monoisotopic (exact) mass is 1000 g/mol. The number of unbranched alkanes of at least 4 members (excludes halogenated alkanes) is 47. The molecule has 422 valence electrons. The molecule has 0 aliphatic rings. The van der Waals surface area contributed by atoms with E-state index in [9.17, 15) is 14.4 Å². The summed E-state index contributed by atoms with van der Waals surface area (Å²) in [6.07, 6.45) is 66.8. The zero-order valence-electron chi connectivity index (χ0n) is 48.7. The van der Waals surface area contributed by atoms with E-state index in [1.807, 2.05) is 0 Å². The molecule has 0 radical (unpaired) electrons. The number of ether oxygens (including phenoxy) is 3. The molecule has 0 aromatic carbocycles. The van der Waals surface area contributed by atoms with Crippen molar-refractivity contribution in [3.05, 3.63) is 0 Å². The summed E-state index contributed by atoms with van der Waals surface area (Å²) in [4.78, 5) is 38.3. The highest BCUT2D eigenvalue weighted by molar-refractivity contribution is 5.71. The van der Waals surface area contributed by atoms with E-state index in [1.165, 1.54) is 270 Å². The second-order valence-corrected chi connectivity index (χ2v) is 22.9. The van der Waals surface area contributed by atoms with E-state index in [-0.39, 0.29) is 31.1 Å². The van der Waals surface area contributed by atoms with Crippen molar-refractivity contribution in [2.24, 2.45) is 5.92 Å². The van der Waals surface area contributed by atoms with Crippen LogP contribution in [0.15, 0.2) is 0 Å². The topological polar surface area (TPSA) is 78.9 Å². The van der Waals surface area contributed by atoms with Gasteiger partial charge in [-0.05, 0) is 25.2 Å². The molecule has 0 unspecified atom stereocenters. The van der Waals surface area contributed by atoms with Crippen LogP contribution in [0.2, 0.25) is 0 Å². The van der Waals surface area contributed by atoms with Gasteiger partial charge in [0.15, 0.2) is 6.10 Å². The Morgan fingerprint density at radius 2 is 0.465 bits per heavy atom. The van der Waals surface area contributed by atoms with Gasteiger partial charge in [0.1, 0.15) is 13.2 Å². The molecule has 0 N–H and O–H groups in total. The van der Waals surface area contributed by atoms with Crippen LogP contribution in [-0.4, -0.2) is 37.2 Å². The van der Waals surface area contributed by atoms with E-state index < -0.39 is 6.10 Å². The molecule has 0 spiro atoms. The summed E-state index contributed by atoms with van der Waals surface area (Å²) in [5.74, 6) is 0.0185. The van der Waals surface area contributed by atoms with Crippen LogP contribution < -0.4 is 0 Å². The van der Waals surface area contributed by atoms with Gasteiger partial charge >= 0.3 is 17.9 Å². The lowest BCUT2D eigenvalue weighted by molar-refractivity contribution is -0.167. The summed E-state index contributed by atoms with van der Waals surface area (Å²) in [5, 5.41) is 0. The lowest BCUT2D eigenvalue weighted by atomic mass is 10.0. The van der Waals surface area contributed by atoms with E-state index >= 15 is 0 Å². The first-order chi connectivity index (χ1) is 34.9. The maximum absolute atomic E-state index is 12.9. The lowest BCUT2D eigenvalue weighted by Gasteiger charge is -2.18. The van der Waals surface area contributed by atoms with E-state index in [1.54, 1.807) is 0 Å². The molecule has 0 fully saturated rings. The molecule has 1 atom stereocenters. The number of esters is 3. The molecular weight excluding hydrogens is 877 g/mol. The summed E-state index contributed by atoms with van der Waals surface area (Å²) >= 11 is 0. The normalized spacial score (nSPS) is 12.0. The van der Waals surface area contributed by atoms with Gasteiger partial charge in [0.2, 0.25) is 0 Å². The summed E-state index contributed by atoms with van der Waals surface area (Å²) in [7, 11) is 0. The molecule has 0 heterocycles. The van der Waals surface area contributed by atoms with Crippen LogP contribution in [0.4, 0.5) is 0 Å². The predicted octanol–water partition coefficient (Wildman–Crippen LogP) is 21.7. The van der Waals surface area contributed by atoms with Crippen molar-refractivity contribution in [1.29, 1.82) is 0 Å². The molecule has 71 heavy (non-hydrogen) atoms. The van der Waals surface area contributed by atoms with Gasteiger partial charge in [-0.3, -0.25) is 14.4 Å². The molecule has 0 amide bonds. The van der Waals surface area contributed by atoms with Crippen LogP contribution in [0.25, 0.3) is 0 Å². The van der Waals surface area contributed by atoms with Crippen molar-refractivity contribution >= 4 is 17.9 Å². The van der Waals surface area contributed by atoms with Crippen LogP contribution in [0, 0.1) is 5.92 Å². The molecule has 0 aromatic heterocycles. The number of carbonyl (C=O) groups is 3. The number of carbonyl (C=O) groups excluding carboxylic acids is 3. The molecule has 0 rings (SSSR count). The maximum Gasteiger partial charge on any atom is 0.306 e. The maximum atomic E-state index is 12.9. The minimum atomic E-state index is -0.763. The lowest BCUT2D eigenvalue weighted by Crippen LogP contribution is -2.30. The van der Waals surface area contributed by atoms with Crippen LogP contribution in [0.5, 0.6) is 0 Å². The third kappa shape index (κ3) is 59.2. The third-order valence-corrected chi connectivity index (χ3v) is 15.0. The number of hydrogen-bond donors (Lipinski definition) is 0. The average Bonchev–Trinajstić information content (AvgIpc) is 3.36. The average molecular weight is 1000 g/mol. The van der Waals surface area contributed by atoms with Gasteiger partial charge in [-0.1, -0.05) is 336 Å². The minimum absolute atomic E-state index is 0.0610. The fourth-order valence-corrected chi connectivity index (χ4v) is 10.2. The zero-order chi connectivity index (χ0) is 51.6. The largest absolute Gasteiger partial charge is 0.462 e. The van der Waals surface area contributed by atoms with Crippen LogP contribution in [-0.2, 0) is 28.6 Å². The summed E-state index contributed by atoms with van der Waals surface area (Å²) in [5.41, 5.74) is 0. The van der Waals surface area contributed by atoms with Crippen LogP contribution in [0.3, 0.4) is 0 Å². The Morgan fingerprint density at radius 1 is 0.268 bits per heavy atom. The molecular formula is C65H126O6. The number of rotatable bonds is 60. The van der Waals surface area contributed by atoms with Crippen molar-refractivity contribution in [1.82, 2.24) is 0 Å². The Balaban J connectivity index is 4.29. The quantitative estimate of drug-likeness (QED) is 0.0343. The first kappa shape index (κ1) is 69.4. The molecule has 0 bridgehead atoms. The molecule has 0 saturated heterocycles. The predicted molar refractivity (Wildman–Crippen MR) is 307 cm³/mol. The van der Waals surface area contributed by atoms with Gasteiger partial charge in [-0.2, -0.15) is 0 Å². The van der Waals surface area contributed by atoms with Gasteiger partial charge < -0.3 is 14.2 Å². The first-order valence-corrected chi connectivity index (χ1v) is 32.4. The zero-order valence-corrected chi connectivity index (χ0v) is 48.7. The van der Waals surface area contributed by atoms with Gasteiger partial charge in [-0.25, -0.2) is 0 Å². The van der Waals surface area contributed by atoms with Gasteiger partial charge in [0, 0.05) is 19.3 Å². The van der Waals surface area contributed by atoms with Crippen LogP contribution >= 0.6 is 0 Å². The van der Waals surface area contributed by atoms with Gasteiger partial charge in [0.05, 0.1) is 0 Å². The Labute approximate surface area is 444 Å². The standard InChI is InChI=1S/C65H126O6/c1-5-7-9-11-13-15-17-19-21-23-25-27-32-36-40-44-48-52-56-63(66)69-59-62(60-70-64(67)57-53-49-45-41-37-33-30-29-31-35-39-43-47-51-55-61(3)4)71-65(68)58-54-50-46-42-38-34-28-26-24-22-20-18-16-14-12-10-8-6-2/h61-62H,5-60H2,1-4H3/t62-/m1/s1. The molecule has 0 aliphatic carbocycles. The molecule has 6 nitrogen and oxygen atoms in total. The Kier molecular flexibility index (Phi) is 58.0. The van der Waals surface area contributed by atoms with Gasteiger partial charge in [-0.15, -0.1) is 0 Å². The van der Waals surface area contributed by atoms with E-state index in [0.717, 1.165) is 63.7 Å². The Hall–Kier alpha value is -1.59. The molecule has 0 aromatic rings. The Bertz CT molecular complexity index is 1070. The Morgan fingerprint density at radius 3 is 0.690 bits per heavy atom. The second-order valence-electron chi connectivity index (χ2n) is 22.9. The highest BCUT2D eigenvalue weighted by atomic mass is 16.6. The smallest absolute Gasteiger partial charge is 0.306 e. The van der Waals surface area contributed by atoms with Crippen molar-refractivity contribution in [3.8, 4) is 0 Å². The van der Waals surface area contributed by atoms with Crippen LogP contribution in [0.1, 0.15) is 374 Å². The van der Waals surface area contributed by atoms with E-state index in [2.05, 4.69) is 27.7 Å². The van der Waals surface area contributed by atoms with Crippen molar-refractivity contribution in [3.63, 3.8) is 0 Å². The minimum Gasteiger partial charge on any atom is -0.462 e. The molecule has 0 aliphatic heterocycles. The van der Waals surface area contributed by atoms with Crippen molar-refractivity contribution in [2.45, 2.75) is 381 Å². The summed E-state index contributed by atoms with van der Waals surface area (Å²) in [6, 6.07) is 0. The third-order valence-electron chi connectivity index (χ3n) is 15.0. The van der Waals surface area contributed by atoms with Gasteiger partial charge in [0.25, 0.3) is 0 Å². The summed E-state index contributed by atoms with van der Waals surface area (Å²) in [6.45, 7) is 9.10. The highest BCUT2D eigenvalue weighted by Crippen LogP contribution is 2.19. The van der Waals surface area contributed by atoms with E-state index in [4.69, 9.17) is 14.2 Å². The summed E-state index contributed by atoms with van der Waals surface area (Å²) < 4.78 is 17.0. The SMILES string of the molecule is CCCCCCCCCCCCCCCCCCCCC(=O)OC[C@H](COC(=O)CCCCCCCCCCCCCCCCC(C)C)OC(=O)CCCCCCCCCCCCCCCCCCCC. The fraction of sp³-hybridized carbons (Fsp3) is 0.954. The fourth-order valence-electron chi connectivity index (χ4n) is 10.2. The molecule has 6 heteroatoms. The highest BCUT2D eigenvalue weighted by Gasteiger charge is 2.19. The first-order valence-electron chi connectivity index (χ1n) is 32.4. The number of hydrogen-bond acceptors (Lipinski definition) is 6. The van der Waals surface area contributed by atoms with E-state index in [0.29, 0.717) is 19.3 Å².